The second kappa shape index (κ2) is 5.42. The van der Waals surface area contributed by atoms with Crippen LogP contribution in [0.15, 0.2) is 11.6 Å². The average molecular weight is 164 g/mol. The Morgan fingerprint density at radius 3 is 3.08 bits per heavy atom. The third-order valence-corrected chi connectivity index (χ3v) is 2.77. The van der Waals surface area contributed by atoms with Crippen molar-refractivity contribution >= 4 is 7.41 Å². The van der Waals surface area contributed by atoms with Crippen LogP contribution in [0.2, 0.25) is 5.82 Å². The molecular formula is C10H19BN. The third kappa shape index (κ3) is 3.02. The van der Waals surface area contributed by atoms with E-state index in [9.17, 15) is 0 Å². The van der Waals surface area contributed by atoms with Crippen LogP contribution in [-0.4, -0.2) is 7.41 Å². The second-order valence-electron chi connectivity index (χ2n) is 3.64. The van der Waals surface area contributed by atoms with Gasteiger partial charge in [0.15, 0.2) is 0 Å². The van der Waals surface area contributed by atoms with Gasteiger partial charge >= 0.3 is 0 Å². The molecule has 0 heterocycles. The fourth-order valence-corrected chi connectivity index (χ4v) is 1.82. The molecule has 1 rings (SSSR count). The van der Waals surface area contributed by atoms with Crippen molar-refractivity contribution in [2.75, 3.05) is 0 Å². The van der Waals surface area contributed by atoms with Crippen LogP contribution >= 0.6 is 0 Å². The summed E-state index contributed by atoms with van der Waals surface area (Å²) < 4.78 is 0. The Balaban J connectivity index is 2.41. The zero-order valence-electron chi connectivity index (χ0n) is 8.05. The minimum atomic E-state index is 0.667. The lowest BCUT2D eigenvalue weighted by Crippen LogP contribution is -2.14. The zero-order valence-corrected chi connectivity index (χ0v) is 8.05. The van der Waals surface area contributed by atoms with E-state index in [1.54, 1.807) is 5.57 Å². The Morgan fingerprint density at radius 1 is 1.58 bits per heavy atom. The van der Waals surface area contributed by atoms with Crippen LogP contribution in [0.1, 0.15) is 45.4 Å². The van der Waals surface area contributed by atoms with Crippen LogP contribution in [0.5, 0.6) is 0 Å². The smallest absolute Gasteiger partial charge is 0.205 e. The molecule has 1 aliphatic rings. The maximum Gasteiger partial charge on any atom is 0.205 e. The van der Waals surface area contributed by atoms with Crippen LogP contribution in [0, 0.1) is 0 Å². The Kier molecular flexibility index (Phi) is 4.45. The molecule has 0 aromatic heterocycles. The van der Waals surface area contributed by atoms with E-state index in [1.807, 2.05) is 7.41 Å². The van der Waals surface area contributed by atoms with E-state index < -0.39 is 0 Å². The highest BCUT2D eigenvalue weighted by molar-refractivity contribution is 6.33. The van der Waals surface area contributed by atoms with Gasteiger partial charge in [-0.05, 0) is 19.3 Å². The zero-order chi connectivity index (χ0) is 8.81. The van der Waals surface area contributed by atoms with Gasteiger partial charge in [-0.2, -0.15) is 0 Å². The molecule has 12 heavy (non-hydrogen) atoms. The van der Waals surface area contributed by atoms with Crippen molar-refractivity contribution in [1.82, 2.24) is 0 Å². The van der Waals surface area contributed by atoms with E-state index in [4.69, 9.17) is 5.64 Å². The molecule has 1 unspecified atom stereocenters. The molecule has 0 aromatic rings. The predicted octanol–water partition coefficient (Wildman–Crippen LogP) is 2.65. The van der Waals surface area contributed by atoms with E-state index in [-0.39, 0.29) is 0 Å². The van der Waals surface area contributed by atoms with Gasteiger partial charge in [0.05, 0.1) is 0 Å². The van der Waals surface area contributed by atoms with Gasteiger partial charge in [-0.1, -0.05) is 43.7 Å². The minimum absolute atomic E-state index is 0.667. The summed E-state index contributed by atoms with van der Waals surface area (Å²) >= 11 is 0. The van der Waals surface area contributed by atoms with E-state index in [1.165, 1.54) is 38.5 Å². The monoisotopic (exact) mass is 164 g/mol. The Morgan fingerprint density at radius 2 is 2.42 bits per heavy atom. The molecule has 2 N–H and O–H groups in total. The van der Waals surface area contributed by atoms with Gasteiger partial charge in [-0.3, -0.25) is 0 Å². The number of hydrogen-bond acceptors (Lipinski definition) is 1. The SMILES string of the molecule is CC/C1=C/CCCC([B]N)CC1. The van der Waals surface area contributed by atoms with Crippen molar-refractivity contribution in [3.8, 4) is 0 Å². The lowest BCUT2D eigenvalue weighted by atomic mass is 9.70. The Labute approximate surface area is 76.7 Å². The highest BCUT2D eigenvalue weighted by Crippen LogP contribution is 2.26. The summed E-state index contributed by atoms with van der Waals surface area (Å²) in [6.07, 6.45) is 10.0. The molecule has 0 spiro atoms. The van der Waals surface area contributed by atoms with Crippen LogP contribution in [0.3, 0.4) is 0 Å². The fraction of sp³-hybridized carbons (Fsp3) is 0.800. The maximum atomic E-state index is 5.57. The molecule has 0 saturated heterocycles. The van der Waals surface area contributed by atoms with Crippen LogP contribution in [-0.2, 0) is 0 Å². The first-order chi connectivity index (χ1) is 5.86. The Hall–Kier alpha value is -0.235. The van der Waals surface area contributed by atoms with E-state index >= 15 is 0 Å². The summed E-state index contributed by atoms with van der Waals surface area (Å²) in [6, 6.07) is 0. The summed E-state index contributed by atoms with van der Waals surface area (Å²) in [6.45, 7) is 2.24. The minimum Gasteiger partial charge on any atom is -0.374 e. The first kappa shape index (κ1) is 9.85. The van der Waals surface area contributed by atoms with Crippen molar-refractivity contribution in [2.24, 2.45) is 5.64 Å². The quantitative estimate of drug-likeness (QED) is 0.492. The van der Waals surface area contributed by atoms with Crippen molar-refractivity contribution in [3.63, 3.8) is 0 Å². The molecule has 1 nitrogen and oxygen atoms in total. The first-order valence-electron chi connectivity index (χ1n) is 5.09. The topological polar surface area (TPSA) is 26.0 Å². The second-order valence-corrected chi connectivity index (χ2v) is 3.64. The third-order valence-electron chi connectivity index (χ3n) is 2.77. The molecular weight excluding hydrogens is 145 g/mol. The van der Waals surface area contributed by atoms with Gasteiger partial charge in [0.1, 0.15) is 0 Å². The first-order valence-corrected chi connectivity index (χ1v) is 5.09. The van der Waals surface area contributed by atoms with Crippen molar-refractivity contribution in [3.05, 3.63) is 11.6 Å². The molecule has 1 radical (unpaired) electrons. The lowest BCUT2D eigenvalue weighted by Gasteiger charge is -2.17. The molecule has 0 aliphatic heterocycles. The van der Waals surface area contributed by atoms with Gasteiger partial charge in [-0.25, -0.2) is 0 Å². The summed E-state index contributed by atoms with van der Waals surface area (Å²) in [7, 11) is 1.89. The van der Waals surface area contributed by atoms with Crippen LogP contribution in [0.4, 0.5) is 0 Å². The van der Waals surface area contributed by atoms with Crippen LogP contribution in [0.25, 0.3) is 0 Å². The summed E-state index contributed by atoms with van der Waals surface area (Å²) in [4.78, 5) is 0. The van der Waals surface area contributed by atoms with Crippen molar-refractivity contribution in [1.29, 1.82) is 0 Å². The number of hydrogen-bond donors (Lipinski definition) is 1. The van der Waals surface area contributed by atoms with Gasteiger partial charge in [0.2, 0.25) is 7.41 Å². The molecule has 0 aromatic carbocycles. The standard InChI is InChI=1S/C10H19BN/c1-2-9-5-3-4-6-10(11-12)8-7-9/h5,10H,2-4,6-8,12H2,1H3/b9-5-. The predicted molar refractivity (Wildman–Crippen MR) is 55.2 cm³/mol. The Bertz CT molecular complexity index is 154. The maximum absolute atomic E-state index is 5.57. The largest absolute Gasteiger partial charge is 0.374 e. The number of allylic oxidation sites excluding steroid dienone is 2. The number of rotatable bonds is 2. The summed E-state index contributed by atoms with van der Waals surface area (Å²) in [5, 5.41) is 0. The van der Waals surface area contributed by atoms with Crippen molar-refractivity contribution < 1.29 is 0 Å². The number of nitrogens with two attached hydrogens (primary N) is 1. The molecule has 67 valence electrons. The van der Waals surface area contributed by atoms with E-state index in [2.05, 4.69) is 13.0 Å². The fourth-order valence-electron chi connectivity index (χ4n) is 1.82. The van der Waals surface area contributed by atoms with Gasteiger partial charge in [0.25, 0.3) is 0 Å². The van der Waals surface area contributed by atoms with Gasteiger partial charge < -0.3 is 5.64 Å². The molecule has 1 aliphatic carbocycles. The molecule has 0 bridgehead atoms. The summed E-state index contributed by atoms with van der Waals surface area (Å²) in [5.41, 5.74) is 7.19. The van der Waals surface area contributed by atoms with E-state index in [0.29, 0.717) is 5.82 Å². The van der Waals surface area contributed by atoms with Gasteiger partial charge in [-0.15, -0.1) is 0 Å². The normalized spacial score (nSPS) is 29.8. The highest BCUT2D eigenvalue weighted by Gasteiger charge is 2.10. The molecule has 0 saturated carbocycles. The molecule has 1 atom stereocenters. The van der Waals surface area contributed by atoms with E-state index in [0.717, 1.165) is 0 Å². The lowest BCUT2D eigenvalue weighted by molar-refractivity contribution is 0.611. The van der Waals surface area contributed by atoms with Crippen molar-refractivity contribution in [2.45, 2.75) is 51.3 Å². The van der Waals surface area contributed by atoms with Gasteiger partial charge in [0, 0.05) is 0 Å². The molecule has 0 fully saturated rings. The molecule has 0 amide bonds. The average Bonchev–Trinajstić information content (AvgIpc) is 2.05. The molecule has 2 heteroatoms. The summed E-state index contributed by atoms with van der Waals surface area (Å²) in [5.74, 6) is 0.667. The van der Waals surface area contributed by atoms with Crippen LogP contribution < -0.4 is 5.64 Å². The highest BCUT2D eigenvalue weighted by atomic mass is 14.4.